The molecule has 0 spiro atoms. The predicted molar refractivity (Wildman–Crippen MR) is 95.6 cm³/mol. The van der Waals surface area contributed by atoms with Gasteiger partial charge in [0.25, 0.3) is 0 Å². The zero-order valence-corrected chi connectivity index (χ0v) is 15.8. The van der Waals surface area contributed by atoms with Crippen molar-refractivity contribution in [2.75, 3.05) is 52.1 Å². The van der Waals surface area contributed by atoms with Crippen LogP contribution in [-0.2, 0) is 9.84 Å². The summed E-state index contributed by atoms with van der Waals surface area (Å²) < 4.78 is 23.5. The molecule has 23 heavy (non-hydrogen) atoms. The highest BCUT2D eigenvalue weighted by Gasteiger charge is 2.40. The fourth-order valence-electron chi connectivity index (χ4n) is 3.39. The minimum absolute atomic E-state index is 0.198. The number of nitrogens with one attached hydrogen (secondary N) is 1. The SMILES string of the molecule is CN=C(NCC(C)CN1CCCC1)N1CCS(=O)(=O)C(C)(C)C1. The van der Waals surface area contributed by atoms with E-state index in [0.717, 1.165) is 19.0 Å². The van der Waals surface area contributed by atoms with E-state index >= 15 is 0 Å². The molecule has 0 aromatic rings. The van der Waals surface area contributed by atoms with Gasteiger partial charge in [-0.25, -0.2) is 8.42 Å². The van der Waals surface area contributed by atoms with Crippen molar-refractivity contribution in [1.82, 2.24) is 15.1 Å². The standard InChI is InChI=1S/C16H32N4O2S/c1-14(12-19-7-5-6-8-19)11-18-15(17-4)20-9-10-23(21,22)16(2,3)13-20/h14H,5-13H2,1-4H3,(H,17,18). The first-order chi connectivity index (χ1) is 10.7. The van der Waals surface area contributed by atoms with Crippen molar-refractivity contribution >= 4 is 15.8 Å². The lowest BCUT2D eigenvalue weighted by Gasteiger charge is -2.39. The van der Waals surface area contributed by atoms with Gasteiger partial charge in [-0.2, -0.15) is 0 Å². The zero-order valence-electron chi connectivity index (χ0n) is 15.0. The second-order valence-electron chi connectivity index (χ2n) is 7.54. The van der Waals surface area contributed by atoms with E-state index in [1.165, 1.54) is 25.9 Å². The van der Waals surface area contributed by atoms with Crippen LogP contribution in [-0.4, -0.2) is 81.0 Å². The number of sulfone groups is 1. The molecule has 0 aliphatic carbocycles. The van der Waals surface area contributed by atoms with Crippen LogP contribution in [0.5, 0.6) is 0 Å². The third-order valence-corrected chi connectivity index (χ3v) is 7.46. The summed E-state index contributed by atoms with van der Waals surface area (Å²) in [4.78, 5) is 8.94. The number of guanidine groups is 1. The van der Waals surface area contributed by atoms with Gasteiger partial charge in [0.05, 0.1) is 10.5 Å². The monoisotopic (exact) mass is 344 g/mol. The minimum atomic E-state index is -3.01. The van der Waals surface area contributed by atoms with Gasteiger partial charge in [-0.3, -0.25) is 4.99 Å². The van der Waals surface area contributed by atoms with E-state index in [1.54, 1.807) is 20.9 Å². The molecule has 0 amide bonds. The minimum Gasteiger partial charge on any atom is -0.356 e. The molecule has 2 rings (SSSR count). The highest BCUT2D eigenvalue weighted by atomic mass is 32.2. The summed E-state index contributed by atoms with van der Waals surface area (Å²) in [6.07, 6.45) is 2.64. The van der Waals surface area contributed by atoms with Crippen molar-refractivity contribution < 1.29 is 8.42 Å². The highest BCUT2D eigenvalue weighted by molar-refractivity contribution is 7.92. The first-order valence-corrected chi connectivity index (χ1v) is 10.3. The Morgan fingerprint density at radius 3 is 2.48 bits per heavy atom. The summed E-state index contributed by atoms with van der Waals surface area (Å²) in [6.45, 7) is 11.3. The molecule has 7 heteroatoms. The summed E-state index contributed by atoms with van der Waals surface area (Å²) >= 11 is 0. The number of nitrogens with zero attached hydrogens (tertiary/aromatic N) is 3. The van der Waals surface area contributed by atoms with Crippen molar-refractivity contribution in [3.05, 3.63) is 0 Å². The van der Waals surface area contributed by atoms with E-state index < -0.39 is 14.6 Å². The maximum absolute atomic E-state index is 12.1. The van der Waals surface area contributed by atoms with E-state index in [9.17, 15) is 8.42 Å². The van der Waals surface area contributed by atoms with Gasteiger partial charge >= 0.3 is 0 Å². The van der Waals surface area contributed by atoms with Crippen LogP contribution in [0, 0.1) is 5.92 Å². The van der Waals surface area contributed by atoms with Crippen LogP contribution < -0.4 is 5.32 Å². The molecule has 0 aromatic heterocycles. The molecule has 2 aliphatic heterocycles. The molecule has 6 nitrogen and oxygen atoms in total. The molecule has 2 saturated heterocycles. The third kappa shape index (κ3) is 4.59. The van der Waals surface area contributed by atoms with Crippen LogP contribution in [0.2, 0.25) is 0 Å². The largest absolute Gasteiger partial charge is 0.356 e. The Bertz CT molecular complexity index is 524. The Morgan fingerprint density at radius 1 is 1.26 bits per heavy atom. The summed E-state index contributed by atoms with van der Waals surface area (Å²) in [5.41, 5.74) is 0. The van der Waals surface area contributed by atoms with Gasteiger partial charge in [-0.05, 0) is 45.7 Å². The van der Waals surface area contributed by atoms with Gasteiger partial charge in [0, 0.05) is 33.2 Å². The van der Waals surface area contributed by atoms with Gasteiger partial charge in [0.2, 0.25) is 0 Å². The quantitative estimate of drug-likeness (QED) is 0.604. The molecular formula is C16H32N4O2S. The Hall–Kier alpha value is -0.820. The fourth-order valence-corrected chi connectivity index (χ4v) is 4.76. The van der Waals surface area contributed by atoms with Gasteiger partial charge in [0.15, 0.2) is 15.8 Å². The van der Waals surface area contributed by atoms with Crippen LogP contribution in [0.1, 0.15) is 33.6 Å². The summed E-state index contributed by atoms with van der Waals surface area (Å²) in [5, 5.41) is 3.43. The second kappa shape index (κ2) is 7.38. The summed E-state index contributed by atoms with van der Waals surface area (Å²) in [5.74, 6) is 1.57. The Labute approximate surface area is 141 Å². The van der Waals surface area contributed by atoms with Gasteiger partial charge in [0.1, 0.15) is 0 Å². The zero-order chi connectivity index (χ0) is 17.1. The molecule has 2 aliphatic rings. The second-order valence-corrected chi connectivity index (χ2v) is 10.3. The Kier molecular flexibility index (Phi) is 5.94. The first kappa shape index (κ1) is 18.5. The number of likely N-dealkylation sites (tertiary alicyclic amines) is 1. The number of rotatable bonds is 4. The van der Waals surface area contributed by atoms with Crippen molar-refractivity contribution in [2.45, 2.75) is 38.4 Å². The van der Waals surface area contributed by atoms with Crippen LogP contribution in [0.4, 0.5) is 0 Å². The van der Waals surface area contributed by atoms with E-state index in [-0.39, 0.29) is 5.75 Å². The maximum atomic E-state index is 12.1. The van der Waals surface area contributed by atoms with Crippen LogP contribution in [0.3, 0.4) is 0 Å². The number of aliphatic imine (C=N–C) groups is 1. The predicted octanol–water partition coefficient (Wildman–Crippen LogP) is 0.803. The van der Waals surface area contributed by atoms with E-state index in [1.807, 2.05) is 0 Å². The molecule has 0 aromatic carbocycles. The lowest BCUT2D eigenvalue weighted by Crippen LogP contribution is -2.57. The molecule has 1 atom stereocenters. The molecule has 0 radical (unpaired) electrons. The Morgan fingerprint density at radius 2 is 1.91 bits per heavy atom. The lowest BCUT2D eigenvalue weighted by molar-refractivity contribution is 0.284. The molecular weight excluding hydrogens is 312 g/mol. The molecule has 1 N–H and O–H groups in total. The lowest BCUT2D eigenvalue weighted by atomic mass is 10.1. The molecule has 1 unspecified atom stereocenters. The van der Waals surface area contributed by atoms with Crippen LogP contribution >= 0.6 is 0 Å². The van der Waals surface area contributed by atoms with Crippen LogP contribution in [0.15, 0.2) is 4.99 Å². The smallest absolute Gasteiger partial charge is 0.193 e. The first-order valence-electron chi connectivity index (χ1n) is 8.65. The topological polar surface area (TPSA) is 65.0 Å². The van der Waals surface area contributed by atoms with E-state index in [4.69, 9.17) is 0 Å². The van der Waals surface area contributed by atoms with Crippen molar-refractivity contribution in [2.24, 2.45) is 10.9 Å². The molecule has 2 fully saturated rings. The van der Waals surface area contributed by atoms with Gasteiger partial charge < -0.3 is 15.1 Å². The average Bonchev–Trinajstić information content (AvgIpc) is 2.96. The van der Waals surface area contributed by atoms with E-state index in [2.05, 4.69) is 27.0 Å². The molecule has 0 saturated carbocycles. The third-order valence-electron chi connectivity index (χ3n) is 4.93. The van der Waals surface area contributed by atoms with Gasteiger partial charge in [-0.15, -0.1) is 0 Å². The van der Waals surface area contributed by atoms with E-state index in [0.29, 0.717) is 19.0 Å². The van der Waals surface area contributed by atoms with Crippen molar-refractivity contribution in [3.8, 4) is 0 Å². The average molecular weight is 345 g/mol. The summed E-state index contributed by atoms with van der Waals surface area (Å²) in [7, 11) is -1.25. The Balaban J connectivity index is 1.85. The van der Waals surface area contributed by atoms with Gasteiger partial charge in [-0.1, -0.05) is 6.92 Å². The van der Waals surface area contributed by atoms with Crippen molar-refractivity contribution in [1.29, 1.82) is 0 Å². The van der Waals surface area contributed by atoms with Crippen molar-refractivity contribution in [3.63, 3.8) is 0 Å². The number of hydrogen-bond donors (Lipinski definition) is 1. The number of hydrogen-bond acceptors (Lipinski definition) is 4. The molecule has 2 heterocycles. The molecule has 0 bridgehead atoms. The highest BCUT2D eigenvalue weighted by Crippen LogP contribution is 2.23. The fraction of sp³-hybridized carbons (Fsp3) is 0.938. The summed E-state index contributed by atoms with van der Waals surface area (Å²) in [6, 6.07) is 0. The van der Waals surface area contributed by atoms with Crippen LogP contribution in [0.25, 0.3) is 0 Å². The molecule has 134 valence electrons. The maximum Gasteiger partial charge on any atom is 0.193 e. The normalized spacial score (nSPS) is 26.3.